The number of hydrogen-bond donors (Lipinski definition) is 1. The summed E-state index contributed by atoms with van der Waals surface area (Å²) in [4.78, 5) is 27.0. The third-order valence-electron chi connectivity index (χ3n) is 3.60. The normalized spacial score (nSPS) is 10.5. The molecule has 0 spiro atoms. The summed E-state index contributed by atoms with van der Waals surface area (Å²) in [7, 11) is 1.47. The molecule has 3 aromatic rings. The molecule has 5 heteroatoms. The fourth-order valence-corrected chi connectivity index (χ4v) is 2.47. The average Bonchev–Trinajstić information content (AvgIpc) is 2.59. The maximum Gasteiger partial charge on any atom is 0.336 e. The van der Waals surface area contributed by atoms with Crippen LogP contribution in [0.15, 0.2) is 48.5 Å². The maximum absolute atomic E-state index is 11.5. The van der Waals surface area contributed by atoms with Crippen LogP contribution >= 0.6 is 0 Å². The van der Waals surface area contributed by atoms with E-state index in [1.807, 2.05) is 0 Å². The second-order valence-electron chi connectivity index (χ2n) is 4.95. The number of aromatic carboxylic acids is 1. The zero-order chi connectivity index (χ0) is 16.4. The van der Waals surface area contributed by atoms with Crippen molar-refractivity contribution in [2.24, 2.45) is 0 Å². The number of fused-ring (bicyclic) bond motifs is 1. The Bertz CT molecular complexity index is 918. The Morgan fingerprint density at radius 2 is 1.96 bits per heavy atom. The number of methoxy groups -OCH3 is 1. The number of ether oxygens (including phenoxy) is 1. The van der Waals surface area contributed by atoms with Crippen molar-refractivity contribution < 1.29 is 19.4 Å². The number of rotatable bonds is 4. The second-order valence-corrected chi connectivity index (χ2v) is 4.95. The molecule has 0 saturated heterocycles. The highest BCUT2D eigenvalue weighted by atomic mass is 16.5. The molecule has 3 rings (SSSR count). The van der Waals surface area contributed by atoms with Crippen LogP contribution < -0.4 is 4.74 Å². The summed E-state index contributed by atoms with van der Waals surface area (Å²) in [5.74, 6) is -0.592. The van der Waals surface area contributed by atoms with Gasteiger partial charge in [0.25, 0.3) is 0 Å². The van der Waals surface area contributed by atoms with Crippen LogP contribution in [0.3, 0.4) is 0 Å². The summed E-state index contributed by atoms with van der Waals surface area (Å²) in [5, 5.41) is 10.0. The lowest BCUT2D eigenvalue weighted by atomic mass is 10.0. The van der Waals surface area contributed by atoms with Crippen molar-refractivity contribution in [3.05, 3.63) is 59.7 Å². The minimum Gasteiger partial charge on any atom is -0.496 e. The van der Waals surface area contributed by atoms with Crippen molar-refractivity contribution in [2.75, 3.05) is 7.11 Å². The minimum absolute atomic E-state index is 0.184. The van der Waals surface area contributed by atoms with Crippen LogP contribution in [0.4, 0.5) is 0 Å². The largest absolute Gasteiger partial charge is 0.496 e. The van der Waals surface area contributed by atoms with Gasteiger partial charge in [-0.3, -0.25) is 4.79 Å². The minimum atomic E-state index is -1.01. The molecular weight excluding hydrogens is 294 g/mol. The highest BCUT2D eigenvalue weighted by Crippen LogP contribution is 2.28. The smallest absolute Gasteiger partial charge is 0.336 e. The standard InChI is InChI=1S/C18H13NO4/c1-23-17-8-11(6-7-12(17)10-20)16-9-14(18(21)22)13-4-2-3-5-15(13)19-16/h2-10H,1H3,(H,21,22). The van der Waals surface area contributed by atoms with Gasteiger partial charge in [0.15, 0.2) is 6.29 Å². The van der Waals surface area contributed by atoms with Gasteiger partial charge < -0.3 is 9.84 Å². The number of para-hydroxylation sites is 1. The number of aldehydes is 1. The number of carboxylic acids is 1. The quantitative estimate of drug-likeness (QED) is 0.747. The van der Waals surface area contributed by atoms with Crippen molar-refractivity contribution in [1.82, 2.24) is 4.98 Å². The first-order chi connectivity index (χ1) is 11.1. The Hall–Kier alpha value is -3.21. The van der Waals surface area contributed by atoms with E-state index in [4.69, 9.17) is 4.74 Å². The molecule has 0 amide bonds. The van der Waals surface area contributed by atoms with Crippen LogP contribution in [-0.4, -0.2) is 29.5 Å². The van der Waals surface area contributed by atoms with E-state index in [2.05, 4.69) is 4.98 Å². The van der Waals surface area contributed by atoms with Gasteiger partial charge in [0, 0.05) is 10.9 Å². The fraction of sp³-hybridized carbons (Fsp3) is 0.0556. The fourth-order valence-electron chi connectivity index (χ4n) is 2.47. The Labute approximate surface area is 132 Å². The van der Waals surface area contributed by atoms with E-state index in [-0.39, 0.29) is 5.56 Å². The zero-order valence-corrected chi connectivity index (χ0v) is 12.3. The van der Waals surface area contributed by atoms with Crippen LogP contribution in [0.5, 0.6) is 5.75 Å². The van der Waals surface area contributed by atoms with Gasteiger partial charge in [-0.05, 0) is 24.3 Å². The van der Waals surface area contributed by atoms with E-state index < -0.39 is 5.97 Å². The summed E-state index contributed by atoms with van der Waals surface area (Å²) in [6, 6.07) is 13.6. The summed E-state index contributed by atoms with van der Waals surface area (Å²) in [6.07, 6.45) is 0.707. The summed E-state index contributed by atoms with van der Waals surface area (Å²) < 4.78 is 5.19. The zero-order valence-electron chi connectivity index (χ0n) is 12.3. The molecule has 0 fully saturated rings. The van der Waals surface area contributed by atoms with Crippen LogP contribution in [0.2, 0.25) is 0 Å². The Kier molecular flexibility index (Phi) is 3.76. The Balaban J connectivity index is 2.24. The SMILES string of the molecule is COc1cc(-c2cc(C(=O)O)c3ccccc3n2)ccc1C=O. The molecule has 0 unspecified atom stereocenters. The highest BCUT2D eigenvalue weighted by molar-refractivity contribution is 6.03. The van der Waals surface area contributed by atoms with E-state index in [0.29, 0.717) is 39.8 Å². The molecule has 0 radical (unpaired) electrons. The predicted molar refractivity (Wildman–Crippen MR) is 86.1 cm³/mol. The highest BCUT2D eigenvalue weighted by Gasteiger charge is 2.13. The summed E-state index contributed by atoms with van der Waals surface area (Å²) in [6.45, 7) is 0. The molecule has 0 atom stereocenters. The molecule has 0 saturated carbocycles. The van der Waals surface area contributed by atoms with Crippen LogP contribution in [0.1, 0.15) is 20.7 Å². The molecule has 2 aromatic carbocycles. The number of hydrogen-bond acceptors (Lipinski definition) is 4. The number of benzene rings is 2. The lowest BCUT2D eigenvalue weighted by Gasteiger charge is -2.09. The molecule has 23 heavy (non-hydrogen) atoms. The number of aromatic nitrogens is 1. The van der Waals surface area contributed by atoms with Gasteiger partial charge in [0.05, 0.1) is 29.4 Å². The molecule has 1 heterocycles. The number of nitrogens with zero attached hydrogens (tertiary/aromatic N) is 1. The summed E-state index contributed by atoms with van der Waals surface area (Å²) >= 11 is 0. The molecule has 1 N–H and O–H groups in total. The topological polar surface area (TPSA) is 76.5 Å². The molecule has 0 aliphatic heterocycles. The van der Waals surface area contributed by atoms with Gasteiger partial charge in [-0.15, -0.1) is 0 Å². The van der Waals surface area contributed by atoms with Crippen molar-refractivity contribution in [3.8, 4) is 17.0 Å². The third-order valence-corrected chi connectivity index (χ3v) is 3.60. The molecule has 5 nitrogen and oxygen atoms in total. The van der Waals surface area contributed by atoms with Gasteiger partial charge in [-0.2, -0.15) is 0 Å². The molecular formula is C18H13NO4. The first-order valence-corrected chi connectivity index (χ1v) is 6.90. The van der Waals surface area contributed by atoms with E-state index in [9.17, 15) is 14.7 Å². The van der Waals surface area contributed by atoms with Crippen molar-refractivity contribution in [2.45, 2.75) is 0 Å². The maximum atomic E-state index is 11.5. The first-order valence-electron chi connectivity index (χ1n) is 6.90. The Morgan fingerprint density at radius 3 is 2.65 bits per heavy atom. The number of carboxylic acid groups (broad SMARTS) is 1. The summed E-state index contributed by atoms with van der Waals surface area (Å²) in [5.41, 5.74) is 2.40. The molecule has 1 aromatic heterocycles. The van der Waals surface area contributed by atoms with Crippen molar-refractivity contribution >= 4 is 23.2 Å². The van der Waals surface area contributed by atoms with E-state index in [0.717, 1.165) is 0 Å². The monoisotopic (exact) mass is 307 g/mol. The van der Waals surface area contributed by atoms with Gasteiger partial charge in [-0.25, -0.2) is 9.78 Å². The number of carbonyl (C=O) groups excluding carboxylic acids is 1. The van der Waals surface area contributed by atoms with E-state index in [1.54, 1.807) is 42.5 Å². The second kappa shape index (κ2) is 5.88. The van der Waals surface area contributed by atoms with Gasteiger partial charge in [0.1, 0.15) is 5.75 Å². The van der Waals surface area contributed by atoms with Crippen LogP contribution in [0, 0.1) is 0 Å². The lowest BCUT2D eigenvalue weighted by molar-refractivity contribution is 0.0699. The molecule has 0 aliphatic carbocycles. The van der Waals surface area contributed by atoms with E-state index >= 15 is 0 Å². The molecule has 0 aliphatic rings. The third kappa shape index (κ3) is 2.64. The van der Waals surface area contributed by atoms with Crippen molar-refractivity contribution in [3.63, 3.8) is 0 Å². The van der Waals surface area contributed by atoms with E-state index in [1.165, 1.54) is 13.2 Å². The first kappa shape index (κ1) is 14.7. The van der Waals surface area contributed by atoms with Crippen LogP contribution in [0.25, 0.3) is 22.2 Å². The lowest BCUT2D eigenvalue weighted by Crippen LogP contribution is -2.00. The molecule has 0 bridgehead atoms. The van der Waals surface area contributed by atoms with Gasteiger partial charge >= 0.3 is 5.97 Å². The van der Waals surface area contributed by atoms with Crippen LogP contribution in [-0.2, 0) is 0 Å². The van der Waals surface area contributed by atoms with Gasteiger partial charge in [-0.1, -0.05) is 24.3 Å². The number of carbonyl (C=O) groups is 2. The Morgan fingerprint density at radius 1 is 1.17 bits per heavy atom. The van der Waals surface area contributed by atoms with Gasteiger partial charge in [0.2, 0.25) is 0 Å². The predicted octanol–water partition coefficient (Wildman–Crippen LogP) is 3.42. The average molecular weight is 307 g/mol. The van der Waals surface area contributed by atoms with Crippen molar-refractivity contribution in [1.29, 1.82) is 0 Å². The molecule has 114 valence electrons. The number of pyridine rings is 1.